The summed E-state index contributed by atoms with van der Waals surface area (Å²) in [5, 5.41) is 7.00. The maximum absolute atomic E-state index is 12.9. The number of aliphatic hydroxyl groups is 1. The Hall–Kier alpha value is -3.02. The fraction of sp³-hybridized carbons (Fsp3) is 0.217. The number of pyridine rings is 1. The van der Waals surface area contributed by atoms with Crippen LogP contribution in [0, 0.1) is 5.82 Å². The number of hydrogen-bond donors (Lipinski definition) is 2. The number of halogens is 5. The van der Waals surface area contributed by atoms with Crippen LogP contribution in [0.3, 0.4) is 0 Å². The smallest absolute Gasteiger partial charge is 0.446 e. The van der Waals surface area contributed by atoms with Crippen LogP contribution in [0.5, 0.6) is 5.75 Å². The molecule has 0 spiro atoms. The summed E-state index contributed by atoms with van der Waals surface area (Å²) >= 11 is 3.32. The molecule has 11 heteroatoms. The fourth-order valence-corrected chi connectivity index (χ4v) is 3.03. The summed E-state index contributed by atoms with van der Waals surface area (Å²) in [5.41, 5.74) is 8.33. The summed E-state index contributed by atoms with van der Waals surface area (Å²) < 4.78 is 51.8. The number of carbonyl (C=O) groups excluding carboxylic acids is 1. The lowest BCUT2D eigenvalue weighted by atomic mass is 10.1. The van der Waals surface area contributed by atoms with Crippen LogP contribution in [0.1, 0.15) is 16.7 Å². The van der Waals surface area contributed by atoms with Crippen LogP contribution in [0.4, 0.5) is 17.6 Å². The van der Waals surface area contributed by atoms with Crippen LogP contribution in [-0.2, 0) is 24.5 Å². The molecule has 0 aliphatic rings. The quantitative estimate of drug-likeness (QED) is 0.357. The number of alkyl halides is 3. The minimum atomic E-state index is -4.64. The predicted molar refractivity (Wildman–Crippen MR) is 123 cm³/mol. The molecule has 34 heavy (non-hydrogen) atoms. The van der Waals surface area contributed by atoms with E-state index in [1.54, 1.807) is 29.0 Å². The molecule has 0 aliphatic carbocycles. The van der Waals surface area contributed by atoms with Crippen molar-refractivity contribution in [3.8, 4) is 5.75 Å². The van der Waals surface area contributed by atoms with Gasteiger partial charge in [-0.3, -0.25) is 9.59 Å². The second-order valence-corrected chi connectivity index (χ2v) is 7.32. The van der Waals surface area contributed by atoms with Gasteiger partial charge < -0.3 is 20.1 Å². The van der Waals surface area contributed by atoms with Crippen molar-refractivity contribution in [2.75, 3.05) is 7.11 Å². The molecule has 0 aliphatic heterocycles. The van der Waals surface area contributed by atoms with Gasteiger partial charge in [-0.1, -0.05) is 36.4 Å². The van der Waals surface area contributed by atoms with Gasteiger partial charge in [0.2, 0.25) is 6.29 Å². The minimum absolute atomic E-state index is 0.181. The zero-order valence-corrected chi connectivity index (χ0v) is 19.6. The van der Waals surface area contributed by atoms with E-state index in [4.69, 9.17) is 20.4 Å². The standard InChI is InChI=1S/C20H18BrFN2O2.C2HF3O.CH4O/c21-19-18(26-13-14-4-6-17(22)7-5-14)8-9-24(20(19)25)12-16-3-1-2-15(10-16)11-23;3-2(4,5)1-6;1-2/h1-10H,11-13,23H2;1H;2H,1H3. The average molecular weight is 547 g/mol. The van der Waals surface area contributed by atoms with Crippen molar-refractivity contribution in [1.82, 2.24) is 4.57 Å². The van der Waals surface area contributed by atoms with Crippen molar-refractivity contribution in [1.29, 1.82) is 0 Å². The first-order valence-corrected chi connectivity index (χ1v) is 10.4. The summed E-state index contributed by atoms with van der Waals surface area (Å²) in [4.78, 5) is 21.3. The zero-order valence-electron chi connectivity index (χ0n) is 18.1. The van der Waals surface area contributed by atoms with Gasteiger partial charge in [0.15, 0.2) is 0 Å². The number of ether oxygens (including phenoxy) is 1. The van der Waals surface area contributed by atoms with E-state index in [-0.39, 0.29) is 18.0 Å². The van der Waals surface area contributed by atoms with E-state index in [1.165, 1.54) is 12.1 Å². The highest BCUT2D eigenvalue weighted by molar-refractivity contribution is 9.10. The topological polar surface area (TPSA) is 94.5 Å². The molecule has 0 amide bonds. The molecule has 0 atom stereocenters. The van der Waals surface area contributed by atoms with E-state index >= 15 is 0 Å². The lowest BCUT2D eigenvalue weighted by Crippen LogP contribution is -2.21. The first-order valence-electron chi connectivity index (χ1n) is 9.65. The number of nitrogens with zero attached hydrogens (tertiary/aromatic N) is 1. The van der Waals surface area contributed by atoms with Crippen molar-refractivity contribution < 1.29 is 32.2 Å². The molecule has 1 aromatic heterocycles. The Morgan fingerprint density at radius 2 is 1.65 bits per heavy atom. The molecule has 0 fully saturated rings. The Kier molecular flexibility index (Phi) is 12.2. The van der Waals surface area contributed by atoms with Gasteiger partial charge in [0.1, 0.15) is 22.6 Å². The molecule has 3 N–H and O–H groups in total. The van der Waals surface area contributed by atoms with Crippen LogP contribution < -0.4 is 16.0 Å². The highest BCUT2D eigenvalue weighted by Gasteiger charge is 2.24. The van der Waals surface area contributed by atoms with E-state index in [1.807, 2.05) is 24.3 Å². The maximum Gasteiger partial charge on any atom is 0.446 e. The second-order valence-electron chi connectivity index (χ2n) is 6.53. The molecule has 3 aromatic rings. The largest absolute Gasteiger partial charge is 0.487 e. The van der Waals surface area contributed by atoms with Crippen LogP contribution in [0.2, 0.25) is 0 Å². The Bertz CT molecular complexity index is 1100. The SMILES string of the molecule is CO.NCc1cccc(Cn2ccc(OCc3ccc(F)cc3)c(Br)c2=O)c1.O=CC(F)(F)F. The van der Waals surface area contributed by atoms with Gasteiger partial charge in [-0.05, 0) is 50.8 Å². The Balaban J connectivity index is 0.000000631. The first kappa shape index (κ1) is 29.0. The molecular formula is C23H23BrF4N2O4. The second kappa shape index (κ2) is 14.3. The highest BCUT2D eigenvalue weighted by Crippen LogP contribution is 2.22. The van der Waals surface area contributed by atoms with Gasteiger partial charge in [0.25, 0.3) is 5.56 Å². The van der Waals surface area contributed by atoms with Gasteiger partial charge in [0, 0.05) is 19.9 Å². The number of aldehydes is 1. The Labute approximate surface area is 201 Å². The Morgan fingerprint density at radius 3 is 2.21 bits per heavy atom. The normalized spacial score (nSPS) is 10.4. The minimum Gasteiger partial charge on any atom is -0.487 e. The number of nitrogens with two attached hydrogens (primary N) is 1. The van der Waals surface area contributed by atoms with Crippen molar-refractivity contribution in [3.05, 3.63) is 98.1 Å². The molecule has 0 saturated carbocycles. The van der Waals surface area contributed by atoms with Crippen LogP contribution in [0.15, 0.2) is 70.1 Å². The molecule has 2 aromatic carbocycles. The molecule has 3 rings (SSSR count). The number of carbonyl (C=O) groups is 1. The van der Waals surface area contributed by atoms with Gasteiger partial charge in [-0.25, -0.2) is 4.39 Å². The Morgan fingerprint density at radius 1 is 1.06 bits per heavy atom. The molecule has 1 heterocycles. The van der Waals surface area contributed by atoms with Gasteiger partial charge >= 0.3 is 6.18 Å². The van der Waals surface area contributed by atoms with Crippen LogP contribution in [-0.4, -0.2) is 29.2 Å². The lowest BCUT2D eigenvalue weighted by molar-refractivity contribution is -0.156. The number of rotatable bonds is 6. The monoisotopic (exact) mass is 546 g/mol. The summed E-state index contributed by atoms with van der Waals surface area (Å²) in [5.74, 6) is 0.155. The molecule has 0 unspecified atom stereocenters. The van der Waals surface area contributed by atoms with E-state index in [9.17, 15) is 22.4 Å². The lowest BCUT2D eigenvalue weighted by Gasteiger charge is -2.12. The zero-order chi connectivity index (χ0) is 25.7. The van der Waals surface area contributed by atoms with Crippen LogP contribution in [0.25, 0.3) is 0 Å². The van der Waals surface area contributed by atoms with Gasteiger partial charge in [-0.2, -0.15) is 13.2 Å². The molecule has 0 bridgehead atoms. The number of aliphatic hydroxyl groups excluding tert-OH is 1. The third-order valence-electron chi connectivity index (χ3n) is 4.09. The molecular weight excluding hydrogens is 524 g/mol. The highest BCUT2D eigenvalue weighted by atomic mass is 79.9. The summed E-state index contributed by atoms with van der Waals surface area (Å²) in [6.07, 6.45) is -4.00. The fourth-order valence-electron chi connectivity index (χ4n) is 2.56. The van der Waals surface area contributed by atoms with E-state index < -0.39 is 12.5 Å². The third-order valence-corrected chi connectivity index (χ3v) is 4.82. The van der Waals surface area contributed by atoms with Crippen molar-refractivity contribution >= 4 is 22.2 Å². The third kappa shape index (κ3) is 9.86. The summed E-state index contributed by atoms with van der Waals surface area (Å²) in [6.45, 7) is 1.16. The maximum atomic E-state index is 12.9. The first-order chi connectivity index (χ1) is 16.1. The van der Waals surface area contributed by atoms with Crippen molar-refractivity contribution in [2.24, 2.45) is 5.73 Å². The van der Waals surface area contributed by atoms with E-state index in [0.717, 1.165) is 23.8 Å². The van der Waals surface area contributed by atoms with E-state index in [2.05, 4.69) is 15.9 Å². The predicted octanol–water partition coefficient (Wildman–Crippen LogP) is 4.19. The average Bonchev–Trinajstić information content (AvgIpc) is 2.84. The van der Waals surface area contributed by atoms with Crippen molar-refractivity contribution in [2.45, 2.75) is 25.9 Å². The molecule has 0 radical (unpaired) electrons. The summed E-state index contributed by atoms with van der Waals surface area (Å²) in [7, 11) is 1.00. The van der Waals surface area contributed by atoms with Crippen molar-refractivity contribution in [3.63, 3.8) is 0 Å². The number of benzene rings is 2. The number of aromatic nitrogens is 1. The van der Waals surface area contributed by atoms with Crippen LogP contribution >= 0.6 is 15.9 Å². The molecule has 6 nitrogen and oxygen atoms in total. The van der Waals surface area contributed by atoms with Gasteiger partial charge in [0.05, 0.1) is 6.54 Å². The van der Waals surface area contributed by atoms with E-state index in [0.29, 0.717) is 23.3 Å². The molecule has 0 saturated heterocycles. The summed E-state index contributed by atoms with van der Waals surface area (Å²) in [6, 6.07) is 15.6. The molecule has 184 valence electrons. The van der Waals surface area contributed by atoms with Gasteiger partial charge in [-0.15, -0.1) is 0 Å². The number of hydrogen-bond acceptors (Lipinski definition) is 5.